The fourth-order valence-electron chi connectivity index (χ4n) is 6.65. The second kappa shape index (κ2) is 10.3. The van der Waals surface area contributed by atoms with E-state index >= 15 is 0 Å². The van der Waals surface area contributed by atoms with Crippen LogP contribution in [0.1, 0.15) is 49.1 Å². The second-order valence-corrected chi connectivity index (χ2v) is 15.3. The Bertz CT molecular complexity index is 1530. The van der Waals surface area contributed by atoms with Crippen molar-refractivity contribution in [3.05, 3.63) is 120 Å². The standard InChI is InChI=1S/C36H38NSi/c1-27-19-20-29(28-13-7-4-8-14-28)26-35(27)36-34-22-21-33(25-30(34)23-24-37(36)2)38(3,31-15-9-5-10-16-31)32-17-11-6-12-18-32/h5-6,9-12,15-26,28H,4,7-8,13-14H2,1-3H3/q+1. The van der Waals surface area contributed by atoms with Gasteiger partial charge in [-0.25, -0.2) is 4.57 Å². The number of aromatic nitrogens is 1. The highest BCUT2D eigenvalue weighted by atomic mass is 28.3. The topological polar surface area (TPSA) is 3.88 Å². The fourth-order valence-corrected chi connectivity index (χ4v) is 10.2. The third-order valence-electron chi connectivity index (χ3n) is 9.01. The fraction of sp³-hybridized carbons (Fsp3) is 0.250. The van der Waals surface area contributed by atoms with Gasteiger partial charge in [0.1, 0.15) is 15.1 Å². The molecule has 1 fully saturated rings. The molecule has 0 aliphatic heterocycles. The van der Waals surface area contributed by atoms with Gasteiger partial charge in [-0.1, -0.05) is 111 Å². The Balaban J connectivity index is 1.51. The molecule has 1 saturated carbocycles. The van der Waals surface area contributed by atoms with Crippen LogP contribution in [0, 0.1) is 6.92 Å². The number of hydrogen-bond acceptors (Lipinski definition) is 0. The molecule has 0 radical (unpaired) electrons. The molecular weight excluding hydrogens is 474 g/mol. The average molecular weight is 513 g/mol. The lowest BCUT2D eigenvalue weighted by Gasteiger charge is -2.29. The SMILES string of the molecule is Cc1ccc(C2CCCCC2)cc1-c1c2ccc([Si](C)(c3ccccc3)c3ccccc3)cc2cc[n+]1C. The van der Waals surface area contributed by atoms with E-state index in [1.165, 1.54) is 80.8 Å². The van der Waals surface area contributed by atoms with Crippen molar-refractivity contribution in [2.75, 3.05) is 0 Å². The molecule has 0 bridgehead atoms. The van der Waals surface area contributed by atoms with E-state index in [-0.39, 0.29) is 0 Å². The first-order valence-electron chi connectivity index (χ1n) is 14.2. The summed E-state index contributed by atoms with van der Waals surface area (Å²) in [4.78, 5) is 0. The summed E-state index contributed by atoms with van der Waals surface area (Å²) < 4.78 is 2.32. The van der Waals surface area contributed by atoms with E-state index in [1.807, 2.05) is 0 Å². The molecule has 190 valence electrons. The van der Waals surface area contributed by atoms with E-state index in [2.05, 4.69) is 134 Å². The molecule has 0 saturated heterocycles. The predicted molar refractivity (Wildman–Crippen MR) is 165 cm³/mol. The van der Waals surface area contributed by atoms with Crippen molar-refractivity contribution >= 4 is 34.4 Å². The van der Waals surface area contributed by atoms with Gasteiger partial charge in [-0.2, -0.15) is 0 Å². The van der Waals surface area contributed by atoms with Gasteiger partial charge in [0.15, 0.2) is 6.20 Å². The highest BCUT2D eigenvalue weighted by Crippen LogP contribution is 2.36. The summed E-state index contributed by atoms with van der Waals surface area (Å²) in [5.41, 5.74) is 5.57. The lowest BCUT2D eigenvalue weighted by molar-refractivity contribution is -0.659. The van der Waals surface area contributed by atoms with E-state index in [0.29, 0.717) is 5.92 Å². The van der Waals surface area contributed by atoms with Crippen molar-refractivity contribution in [3.63, 3.8) is 0 Å². The van der Waals surface area contributed by atoms with E-state index in [1.54, 1.807) is 0 Å². The Hall–Kier alpha value is -3.49. The van der Waals surface area contributed by atoms with Gasteiger partial charge >= 0.3 is 0 Å². The highest BCUT2D eigenvalue weighted by Gasteiger charge is 2.34. The predicted octanol–water partition coefficient (Wildman–Crippen LogP) is 6.79. The third-order valence-corrected chi connectivity index (χ3v) is 13.5. The third kappa shape index (κ3) is 4.41. The Morgan fingerprint density at radius 1 is 0.684 bits per heavy atom. The van der Waals surface area contributed by atoms with Crippen molar-refractivity contribution in [2.45, 2.75) is 51.5 Å². The van der Waals surface area contributed by atoms with Gasteiger partial charge in [-0.05, 0) is 69.9 Å². The molecule has 1 aliphatic rings. The Kier molecular flexibility index (Phi) is 6.76. The number of aryl methyl sites for hydroxylation is 2. The molecule has 6 rings (SSSR count). The minimum absolute atomic E-state index is 0.707. The quantitative estimate of drug-likeness (QED) is 0.139. The molecule has 1 aromatic heterocycles. The lowest BCUT2D eigenvalue weighted by Crippen LogP contribution is -2.64. The summed E-state index contributed by atoms with van der Waals surface area (Å²) >= 11 is 0. The first-order chi connectivity index (χ1) is 18.6. The molecule has 5 aromatic rings. The minimum atomic E-state index is -2.15. The lowest BCUT2D eigenvalue weighted by atomic mass is 9.82. The number of pyridine rings is 1. The van der Waals surface area contributed by atoms with Crippen LogP contribution in [0.2, 0.25) is 6.55 Å². The molecule has 1 heterocycles. The molecule has 0 unspecified atom stereocenters. The average Bonchev–Trinajstić information content (AvgIpc) is 2.98. The van der Waals surface area contributed by atoms with Crippen LogP contribution in [0.15, 0.2) is 109 Å². The first-order valence-corrected chi connectivity index (χ1v) is 16.7. The van der Waals surface area contributed by atoms with Gasteiger partial charge in [0.05, 0.1) is 5.39 Å². The van der Waals surface area contributed by atoms with Gasteiger partial charge < -0.3 is 0 Å². The summed E-state index contributed by atoms with van der Waals surface area (Å²) in [6, 6.07) is 39.1. The van der Waals surface area contributed by atoms with Crippen molar-refractivity contribution in [1.29, 1.82) is 0 Å². The van der Waals surface area contributed by atoms with Crippen LogP contribution < -0.4 is 20.1 Å². The van der Waals surface area contributed by atoms with Crippen LogP contribution in [-0.4, -0.2) is 8.07 Å². The van der Waals surface area contributed by atoms with Crippen molar-refractivity contribution in [2.24, 2.45) is 7.05 Å². The zero-order valence-electron chi connectivity index (χ0n) is 23.0. The highest BCUT2D eigenvalue weighted by molar-refractivity contribution is 7.10. The zero-order chi connectivity index (χ0) is 26.1. The zero-order valence-corrected chi connectivity index (χ0v) is 24.0. The van der Waals surface area contributed by atoms with Gasteiger partial charge in [0.2, 0.25) is 5.69 Å². The van der Waals surface area contributed by atoms with E-state index in [0.717, 1.165) is 0 Å². The smallest absolute Gasteiger partial charge is 0.200 e. The van der Waals surface area contributed by atoms with Gasteiger partial charge in [0.25, 0.3) is 0 Å². The van der Waals surface area contributed by atoms with Crippen LogP contribution in [-0.2, 0) is 7.05 Å². The summed E-state index contributed by atoms with van der Waals surface area (Å²) in [6.45, 7) is 4.77. The largest absolute Gasteiger partial charge is 0.220 e. The molecule has 0 N–H and O–H groups in total. The summed E-state index contributed by atoms with van der Waals surface area (Å²) in [6.07, 6.45) is 9.03. The molecule has 38 heavy (non-hydrogen) atoms. The Labute approximate surface area is 228 Å². The number of nitrogens with zero attached hydrogens (tertiary/aromatic N) is 1. The number of fused-ring (bicyclic) bond motifs is 1. The summed E-state index contributed by atoms with van der Waals surface area (Å²) in [5.74, 6) is 0.707. The molecule has 4 aromatic carbocycles. The van der Waals surface area contributed by atoms with Crippen LogP contribution in [0.5, 0.6) is 0 Å². The number of rotatable bonds is 5. The maximum Gasteiger partial charge on any atom is 0.220 e. The maximum atomic E-state index is 2.50. The number of hydrogen-bond donors (Lipinski definition) is 0. The van der Waals surface area contributed by atoms with Crippen molar-refractivity contribution in [1.82, 2.24) is 0 Å². The maximum absolute atomic E-state index is 2.50. The van der Waals surface area contributed by atoms with Gasteiger partial charge in [0, 0.05) is 11.6 Å². The summed E-state index contributed by atoms with van der Waals surface area (Å²) in [5, 5.41) is 7.00. The monoisotopic (exact) mass is 512 g/mol. The minimum Gasteiger partial charge on any atom is -0.200 e. The van der Waals surface area contributed by atoms with E-state index in [9.17, 15) is 0 Å². The van der Waals surface area contributed by atoms with Crippen LogP contribution in [0.3, 0.4) is 0 Å². The van der Waals surface area contributed by atoms with Gasteiger partial charge in [-0.3, -0.25) is 0 Å². The number of benzene rings is 4. The van der Waals surface area contributed by atoms with E-state index < -0.39 is 8.07 Å². The molecule has 0 amide bonds. The van der Waals surface area contributed by atoms with E-state index in [4.69, 9.17) is 0 Å². The molecule has 0 spiro atoms. The Morgan fingerprint density at radius 3 is 2.00 bits per heavy atom. The molecule has 1 nitrogen and oxygen atoms in total. The molecule has 1 aliphatic carbocycles. The first kappa shape index (κ1) is 24.8. The Morgan fingerprint density at radius 2 is 1.34 bits per heavy atom. The summed E-state index contributed by atoms with van der Waals surface area (Å²) in [7, 11) is 0.0422. The van der Waals surface area contributed by atoms with Crippen LogP contribution in [0.4, 0.5) is 0 Å². The molecule has 2 heteroatoms. The van der Waals surface area contributed by atoms with Gasteiger partial charge in [-0.15, -0.1) is 0 Å². The van der Waals surface area contributed by atoms with Crippen LogP contribution in [0.25, 0.3) is 22.0 Å². The normalized spacial score (nSPS) is 14.6. The van der Waals surface area contributed by atoms with Crippen molar-refractivity contribution in [3.8, 4) is 11.3 Å². The van der Waals surface area contributed by atoms with Crippen molar-refractivity contribution < 1.29 is 4.57 Å². The van der Waals surface area contributed by atoms with Crippen LogP contribution >= 0.6 is 0 Å². The second-order valence-electron chi connectivity index (χ2n) is 11.3. The molecule has 0 atom stereocenters. The molecular formula is C36H38NSi+.